The number of hydrogen-bond acceptors (Lipinski definition) is 7. The molecule has 28 heavy (non-hydrogen) atoms. The molecule has 0 spiro atoms. The summed E-state index contributed by atoms with van der Waals surface area (Å²) in [4.78, 5) is 31.4. The Morgan fingerprint density at radius 3 is 2.89 bits per heavy atom. The number of rotatable bonds is 6. The Morgan fingerprint density at radius 2 is 2.21 bits per heavy atom. The zero-order valence-corrected chi connectivity index (χ0v) is 15.7. The van der Waals surface area contributed by atoms with E-state index in [0.29, 0.717) is 23.1 Å². The largest absolute Gasteiger partial charge is 0.503 e. The highest BCUT2D eigenvalue weighted by molar-refractivity contribution is 7.13. The Hall–Kier alpha value is -3.39. The molecule has 0 saturated carbocycles. The highest BCUT2D eigenvalue weighted by atomic mass is 32.1. The van der Waals surface area contributed by atoms with Crippen LogP contribution in [0.15, 0.2) is 70.0 Å². The molecule has 0 saturated heterocycles. The quantitative estimate of drug-likeness (QED) is 0.635. The second kappa shape index (κ2) is 7.32. The van der Waals surface area contributed by atoms with Gasteiger partial charge in [0.15, 0.2) is 16.7 Å². The Labute approximate surface area is 164 Å². The van der Waals surface area contributed by atoms with Gasteiger partial charge in [0.1, 0.15) is 5.75 Å². The Morgan fingerprint density at radius 1 is 1.36 bits per heavy atom. The van der Waals surface area contributed by atoms with Crippen molar-refractivity contribution in [3.8, 4) is 5.75 Å². The fourth-order valence-corrected chi connectivity index (χ4v) is 3.83. The van der Waals surface area contributed by atoms with Crippen LogP contribution in [0.4, 0.5) is 5.13 Å². The number of amides is 1. The number of furan rings is 1. The van der Waals surface area contributed by atoms with Gasteiger partial charge < -0.3 is 14.3 Å². The number of benzene rings is 1. The zero-order chi connectivity index (χ0) is 19.7. The number of ether oxygens (including phenoxy) is 1. The van der Waals surface area contributed by atoms with Crippen molar-refractivity contribution in [3.63, 3.8) is 0 Å². The SMILES string of the molecule is CCOc1cccc(C2C(C(=O)c3ccco3)=C(O)C(=O)N2c2nccs2)c1. The maximum atomic E-state index is 13.0. The highest BCUT2D eigenvalue weighted by Gasteiger charge is 2.46. The molecule has 1 aliphatic heterocycles. The molecule has 2 aromatic heterocycles. The van der Waals surface area contributed by atoms with Gasteiger partial charge in [-0.1, -0.05) is 12.1 Å². The number of hydrogen-bond donors (Lipinski definition) is 1. The van der Waals surface area contributed by atoms with E-state index in [0.717, 1.165) is 0 Å². The molecule has 3 aromatic rings. The molecular formula is C20H16N2O5S. The van der Waals surface area contributed by atoms with Crippen LogP contribution in [-0.4, -0.2) is 28.4 Å². The molecule has 0 fully saturated rings. The van der Waals surface area contributed by atoms with Gasteiger partial charge in [0.25, 0.3) is 5.91 Å². The smallest absolute Gasteiger partial charge is 0.296 e. The van der Waals surface area contributed by atoms with E-state index >= 15 is 0 Å². The lowest BCUT2D eigenvalue weighted by Crippen LogP contribution is -2.30. The van der Waals surface area contributed by atoms with Crippen molar-refractivity contribution in [1.82, 2.24) is 4.98 Å². The maximum absolute atomic E-state index is 13.0. The number of thiazole rings is 1. The summed E-state index contributed by atoms with van der Waals surface area (Å²) < 4.78 is 10.8. The first-order chi connectivity index (χ1) is 13.6. The third kappa shape index (κ3) is 2.97. The lowest BCUT2D eigenvalue weighted by molar-refractivity contribution is -0.117. The van der Waals surface area contributed by atoms with Crippen LogP contribution in [0.25, 0.3) is 0 Å². The lowest BCUT2D eigenvalue weighted by atomic mass is 9.95. The van der Waals surface area contributed by atoms with Gasteiger partial charge in [-0.25, -0.2) is 4.98 Å². The van der Waals surface area contributed by atoms with Crippen LogP contribution in [0.3, 0.4) is 0 Å². The summed E-state index contributed by atoms with van der Waals surface area (Å²) in [6.07, 6.45) is 2.93. The predicted molar refractivity (Wildman–Crippen MR) is 103 cm³/mol. The molecular weight excluding hydrogens is 380 g/mol. The van der Waals surface area contributed by atoms with E-state index in [-0.39, 0.29) is 11.3 Å². The fraction of sp³-hybridized carbons (Fsp3) is 0.150. The van der Waals surface area contributed by atoms with E-state index in [1.54, 1.807) is 41.9 Å². The summed E-state index contributed by atoms with van der Waals surface area (Å²) in [6, 6.07) is 9.30. The van der Waals surface area contributed by atoms with Gasteiger partial charge in [-0.3, -0.25) is 14.5 Å². The zero-order valence-electron chi connectivity index (χ0n) is 14.9. The number of carbonyl (C=O) groups is 2. The number of aliphatic hydroxyl groups is 1. The number of aromatic nitrogens is 1. The Balaban J connectivity index is 1.86. The van der Waals surface area contributed by atoms with Gasteiger partial charge in [-0.2, -0.15) is 0 Å². The molecule has 0 radical (unpaired) electrons. The normalized spacial score (nSPS) is 16.7. The summed E-state index contributed by atoms with van der Waals surface area (Å²) in [5.74, 6) is -1.20. The Bertz CT molecular complexity index is 1040. The first-order valence-electron chi connectivity index (χ1n) is 8.59. The second-order valence-electron chi connectivity index (χ2n) is 5.97. The number of aliphatic hydroxyl groups excluding tert-OH is 1. The van der Waals surface area contributed by atoms with Gasteiger partial charge >= 0.3 is 0 Å². The first-order valence-corrected chi connectivity index (χ1v) is 9.47. The topological polar surface area (TPSA) is 92.9 Å². The molecule has 1 unspecified atom stereocenters. The molecule has 7 nitrogen and oxygen atoms in total. The molecule has 0 aliphatic carbocycles. The summed E-state index contributed by atoms with van der Waals surface area (Å²) in [5, 5.41) is 12.7. The third-order valence-corrected chi connectivity index (χ3v) is 5.08. The van der Waals surface area contributed by atoms with Gasteiger partial charge in [0.2, 0.25) is 5.78 Å². The highest BCUT2D eigenvalue weighted by Crippen LogP contribution is 2.43. The van der Waals surface area contributed by atoms with Crippen molar-refractivity contribution in [2.24, 2.45) is 0 Å². The van der Waals surface area contributed by atoms with E-state index in [4.69, 9.17) is 9.15 Å². The summed E-state index contributed by atoms with van der Waals surface area (Å²) >= 11 is 1.24. The number of Topliss-reactive ketones (excluding diaryl/α,β-unsaturated/α-hetero) is 1. The van der Waals surface area contributed by atoms with Crippen LogP contribution < -0.4 is 9.64 Å². The summed E-state index contributed by atoms with van der Waals surface area (Å²) in [7, 11) is 0. The van der Waals surface area contributed by atoms with Crippen molar-refractivity contribution < 1.29 is 23.8 Å². The van der Waals surface area contributed by atoms with Crippen LogP contribution in [0.5, 0.6) is 5.75 Å². The standard InChI is InChI=1S/C20H16N2O5S/c1-2-26-13-6-3-5-12(11-13)16-15(17(23)14-7-4-9-27-14)18(24)19(25)22(16)20-21-8-10-28-20/h3-11,16,24H,2H2,1H3. The van der Waals surface area contributed by atoms with Crippen LogP contribution >= 0.6 is 11.3 Å². The minimum atomic E-state index is -0.850. The Kier molecular flexibility index (Phi) is 4.70. The predicted octanol–water partition coefficient (Wildman–Crippen LogP) is 3.92. The monoisotopic (exact) mass is 396 g/mol. The molecule has 4 rings (SSSR count). The molecule has 1 aromatic carbocycles. The molecule has 1 atom stereocenters. The molecule has 1 amide bonds. The maximum Gasteiger partial charge on any atom is 0.296 e. The van der Waals surface area contributed by atoms with Crippen LogP contribution in [-0.2, 0) is 4.79 Å². The second-order valence-corrected chi connectivity index (χ2v) is 6.84. The van der Waals surface area contributed by atoms with Crippen LogP contribution in [0.2, 0.25) is 0 Å². The van der Waals surface area contributed by atoms with E-state index in [9.17, 15) is 14.7 Å². The van der Waals surface area contributed by atoms with Crippen LogP contribution in [0, 0.1) is 0 Å². The van der Waals surface area contributed by atoms with Crippen molar-refractivity contribution in [3.05, 3.63) is 76.9 Å². The molecule has 142 valence electrons. The molecule has 1 N–H and O–H groups in total. The minimum Gasteiger partial charge on any atom is -0.503 e. The lowest BCUT2D eigenvalue weighted by Gasteiger charge is -2.24. The van der Waals surface area contributed by atoms with E-state index in [1.165, 1.54) is 28.6 Å². The van der Waals surface area contributed by atoms with E-state index < -0.39 is 23.5 Å². The average Bonchev–Trinajstić information content (AvgIpc) is 3.44. The summed E-state index contributed by atoms with van der Waals surface area (Å²) in [6.45, 7) is 2.34. The van der Waals surface area contributed by atoms with Gasteiger partial charge in [0, 0.05) is 11.6 Å². The number of ketones is 1. The van der Waals surface area contributed by atoms with Crippen molar-refractivity contribution in [2.75, 3.05) is 11.5 Å². The number of anilines is 1. The van der Waals surface area contributed by atoms with E-state index in [1.807, 2.05) is 6.92 Å². The fourth-order valence-electron chi connectivity index (χ4n) is 3.17. The first kappa shape index (κ1) is 18.0. The van der Waals surface area contributed by atoms with E-state index in [2.05, 4.69) is 4.98 Å². The van der Waals surface area contributed by atoms with Crippen molar-refractivity contribution in [2.45, 2.75) is 13.0 Å². The van der Waals surface area contributed by atoms with Crippen molar-refractivity contribution in [1.29, 1.82) is 0 Å². The molecule has 3 heterocycles. The molecule has 1 aliphatic rings. The summed E-state index contributed by atoms with van der Waals surface area (Å²) in [5.41, 5.74) is 0.567. The van der Waals surface area contributed by atoms with Crippen molar-refractivity contribution >= 4 is 28.2 Å². The molecule has 0 bridgehead atoms. The third-order valence-electron chi connectivity index (χ3n) is 4.31. The number of carbonyl (C=O) groups excluding carboxylic acids is 2. The van der Waals surface area contributed by atoms with Gasteiger partial charge in [-0.15, -0.1) is 11.3 Å². The van der Waals surface area contributed by atoms with Gasteiger partial charge in [0.05, 0.1) is 24.5 Å². The average molecular weight is 396 g/mol. The minimum absolute atomic E-state index is 0.0429. The number of nitrogens with zero attached hydrogens (tertiary/aromatic N) is 2. The van der Waals surface area contributed by atoms with Gasteiger partial charge in [-0.05, 0) is 36.8 Å². The molecule has 8 heteroatoms. The van der Waals surface area contributed by atoms with Crippen LogP contribution in [0.1, 0.15) is 29.1 Å².